The van der Waals surface area contributed by atoms with Crippen molar-refractivity contribution < 1.29 is 28.7 Å². The molecule has 0 aromatic heterocycles. The lowest BCUT2D eigenvalue weighted by Crippen LogP contribution is -2.25. The molecule has 4 rings (SSSR count). The van der Waals surface area contributed by atoms with Crippen LogP contribution in [0.25, 0.3) is 10.8 Å². The van der Waals surface area contributed by atoms with Crippen LogP contribution in [0.2, 0.25) is 0 Å². The summed E-state index contributed by atoms with van der Waals surface area (Å²) in [5.74, 6) is -2.82. The maximum atomic E-state index is 11.8. The number of rotatable bonds is 0. The number of esters is 4. The normalized spacial score (nSPS) is 16.2. The highest BCUT2D eigenvalue weighted by molar-refractivity contribution is 6.29. The Hall–Kier alpha value is -3.02. The Labute approximate surface area is 110 Å². The van der Waals surface area contributed by atoms with Gasteiger partial charge in [-0.25, -0.2) is 19.1 Å². The van der Waals surface area contributed by atoms with E-state index < -0.39 is 23.9 Å². The van der Waals surface area contributed by atoms with Gasteiger partial charge in [0.25, 0.3) is 0 Å². The van der Waals surface area contributed by atoms with E-state index in [-0.39, 0.29) is 22.3 Å². The second kappa shape index (κ2) is 3.30. The Morgan fingerprint density at radius 3 is 1.60 bits per heavy atom. The van der Waals surface area contributed by atoms with E-state index in [0.717, 1.165) is 0 Å². The molecule has 2 aromatic rings. The van der Waals surface area contributed by atoms with Gasteiger partial charge < -0.3 is 9.53 Å². The van der Waals surface area contributed by atoms with Gasteiger partial charge in [-0.2, -0.15) is 0 Å². The highest BCUT2D eigenvalue weighted by atomic mass is 16.6. The molecule has 1 N–H and O–H groups in total. The number of cyclic esters (lactones) is 4. The van der Waals surface area contributed by atoms with Crippen LogP contribution in [0.15, 0.2) is 24.3 Å². The summed E-state index contributed by atoms with van der Waals surface area (Å²) in [4.78, 5) is 45.0. The summed E-state index contributed by atoms with van der Waals surface area (Å²) in [6.07, 6.45) is 0. The van der Waals surface area contributed by atoms with Crippen LogP contribution in [0.1, 0.15) is 36.6 Å². The number of carbonyl (C=O) groups excluding carboxylic acids is 4. The van der Waals surface area contributed by atoms with Gasteiger partial charge in [0.05, 0.1) is 11.1 Å². The fraction of sp³-hybridized carbons (Fsp3) is 0. The second-order valence-corrected chi connectivity index (χ2v) is 4.44. The van der Waals surface area contributed by atoms with Crippen molar-refractivity contribution in [1.82, 2.24) is 0 Å². The number of ether oxygens (including phenoxy) is 2. The van der Waals surface area contributed by atoms with Crippen molar-refractivity contribution in [2.75, 3.05) is 0 Å². The molecular formula is C14H5O6+. The monoisotopic (exact) mass is 269 g/mol. The molecule has 0 fully saturated rings. The Morgan fingerprint density at radius 1 is 0.650 bits per heavy atom. The summed E-state index contributed by atoms with van der Waals surface area (Å²) in [5.41, 5.74) is 0.828. The summed E-state index contributed by atoms with van der Waals surface area (Å²) in [5, 5.41) is 0.642. The van der Waals surface area contributed by atoms with Crippen molar-refractivity contribution in [3.63, 3.8) is 0 Å². The van der Waals surface area contributed by atoms with Crippen LogP contribution in [0.5, 0.6) is 0 Å². The molecule has 0 spiro atoms. The Bertz CT molecular complexity index is 738. The molecule has 2 aliphatic heterocycles. The molecule has 2 aliphatic rings. The quantitative estimate of drug-likeness (QED) is 0.406. The van der Waals surface area contributed by atoms with Crippen LogP contribution in [0.3, 0.4) is 0 Å². The summed E-state index contributed by atoms with van der Waals surface area (Å²) < 4.78 is 9.34. The number of hydrogen-bond acceptors (Lipinski definition) is 5. The molecule has 0 saturated carbocycles. The topological polar surface area (TPSA) is 91.1 Å². The van der Waals surface area contributed by atoms with E-state index in [9.17, 15) is 19.2 Å². The fourth-order valence-electron chi connectivity index (χ4n) is 2.58. The molecule has 20 heavy (non-hydrogen) atoms. The molecule has 0 unspecified atom stereocenters. The van der Waals surface area contributed by atoms with Gasteiger partial charge in [-0.05, 0) is 24.3 Å². The minimum Gasteiger partial charge on any atom is -0.386 e. The molecule has 6 nitrogen and oxygen atoms in total. The minimum atomic E-state index is -0.773. The van der Waals surface area contributed by atoms with Crippen molar-refractivity contribution in [3.8, 4) is 0 Å². The molecular weight excluding hydrogens is 264 g/mol. The number of benzene rings is 2. The Balaban J connectivity index is 2.29. The molecule has 2 aromatic carbocycles. The van der Waals surface area contributed by atoms with Crippen molar-refractivity contribution >= 4 is 34.6 Å². The van der Waals surface area contributed by atoms with Crippen molar-refractivity contribution in [1.29, 1.82) is 0 Å². The highest BCUT2D eigenvalue weighted by Gasteiger charge is 2.39. The predicted octanol–water partition coefficient (Wildman–Crippen LogP) is 1.17. The zero-order chi connectivity index (χ0) is 14.0. The average molecular weight is 269 g/mol. The fourth-order valence-corrected chi connectivity index (χ4v) is 2.58. The first-order chi connectivity index (χ1) is 9.58. The van der Waals surface area contributed by atoms with E-state index in [0.29, 0.717) is 10.8 Å². The summed E-state index contributed by atoms with van der Waals surface area (Å²) in [6, 6.07) is 5.69. The molecule has 0 bridgehead atoms. The van der Waals surface area contributed by atoms with E-state index >= 15 is 0 Å². The van der Waals surface area contributed by atoms with E-state index in [1.165, 1.54) is 24.3 Å². The molecule has 6 heteroatoms. The zero-order valence-corrected chi connectivity index (χ0v) is 9.80. The minimum absolute atomic E-state index is 0.183. The molecule has 96 valence electrons. The third-order valence-corrected chi connectivity index (χ3v) is 3.43. The summed E-state index contributed by atoms with van der Waals surface area (Å²) >= 11 is 0. The zero-order valence-electron chi connectivity index (χ0n) is 9.80. The van der Waals surface area contributed by atoms with Gasteiger partial charge in [0.15, 0.2) is 0 Å². The van der Waals surface area contributed by atoms with Crippen molar-refractivity contribution in [3.05, 3.63) is 46.5 Å². The standard InChI is InChI=1S/C14H4O6/c15-11-5-1-2-6-10-8(14(18)20-12(6)16)4-3-7(9(5)10)13(17)19-11/h1-4H/p+1. The van der Waals surface area contributed by atoms with E-state index in [2.05, 4.69) is 4.74 Å². The molecule has 2 heterocycles. The van der Waals surface area contributed by atoms with Crippen LogP contribution in [-0.4, -0.2) is 28.7 Å². The predicted molar refractivity (Wildman–Crippen MR) is 65.2 cm³/mol. The Morgan fingerprint density at radius 2 is 1.05 bits per heavy atom. The van der Waals surface area contributed by atoms with E-state index in [1.807, 2.05) is 0 Å². The smallest absolute Gasteiger partial charge is 0.386 e. The van der Waals surface area contributed by atoms with Crippen molar-refractivity contribution in [2.45, 2.75) is 0 Å². The van der Waals surface area contributed by atoms with Crippen molar-refractivity contribution in [2.24, 2.45) is 0 Å². The van der Waals surface area contributed by atoms with Crippen LogP contribution in [0.4, 0.5) is 0 Å². The van der Waals surface area contributed by atoms with Crippen LogP contribution >= 0.6 is 0 Å². The average Bonchev–Trinajstić information content (AvgIpc) is 2.42. The summed E-state index contributed by atoms with van der Waals surface area (Å²) in [7, 11) is 0. The lowest BCUT2D eigenvalue weighted by atomic mass is 9.89. The molecule has 0 saturated heterocycles. The summed E-state index contributed by atoms with van der Waals surface area (Å²) in [6.45, 7) is 0. The molecule has 0 aliphatic carbocycles. The number of carbonyl (C=O) groups is 3. The van der Waals surface area contributed by atoms with Gasteiger partial charge in [0.2, 0.25) is 0 Å². The van der Waals surface area contributed by atoms with Gasteiger partial charge in [-0.3, -0.25) is 0 Å². The lowest BCUT2D eigenvalue weighted by Gasteiger charge is -2.18. The van der Waals surface area contributed by atoms with Crippen LogP contribution in [0, 0.1) is 0 Å². The molecule has 0 amide bonds. The van der Waals surface area contributed by atoms with Crippen LogP contribution in [-0.2, 0) is 9.47 Å². The maximum absolute atomic E-state index is 11.8. The van der Waals surface area contributed by atoms with Gasteiger partial charge in [0.1, 0.15) is 11.1 Å². The SMILES string of the molecule is O=C1OC(=O)c2ccc3c4c(ccc1c24)C(=O)OC3=[OH+]. The second-order valence-electron chi connectivity index (χ2n) is 4.44. The van der Waals surface area contributed by atoms with Gasteiger partial charge in [-0.15, -0.1) is 0 Å². The van der Waals surface area contributed by atoms with Crippen LogP contribution < -0.4 is 0 Å². The van der Waals surface area contributed by atoms with E-state index in [1.54, 1.807) is 0 Å². The Kier molecular flexibility index (Phi) is 1.79. The third-order valence-electron chi connectivity index (χ3n) is 3.43. The largest absolute Gasteiger partial charge is 0.527 e. The first-order valence-corrected chi connectivity index (χ1v) is 5.72. The number of hydrogen-bond donors (Lipinski definition) is 0. The third kappa shape index (κ3) is 1.13. The first-order valence-electron chi connectivity index (χ1n) is 5.72. The van der Waals surface area contributed by atoms with Gasteiger partial charge >= 0.3 is 23.9 Å². The lowest BCUT2D eigenvalue weighted by molar-refractivity contribution is 0.0390. The maximum Gasteiger partial charge on any atom is 0.527 e. The van der Waals surface area contributed by atoms with Gasteiger partial charge in [-0.1, -0.05) is 0 Å². The van der Waals surface area contributed by atoms with E-state index in [4.69, 9.17) is 4.74 Å². The molecule has 0 atom stereocenters. The first kappa shape index (κ1) is 10.9. The van der Waals surface area contributed by atoms with Gasteiger partial charge in [0, 0.05) is 10.8 Å². The highest BCUT2D eigenvalue weighted by Crippen LogP contribution is 2.35. The molecule has 0 radical (unpaired) electrons.